The Morgan fingerprint density at radius 3 is 2.51 bits per heavy atom. The highest BCUT2D eigenvalue weighted by Crippen LogP contribution is 2.52. The minimum atomic E-state index is -0.784. The number of hydrogen-bond donors (Lipinski definition) is 1. The lowest BCUT2D eigenvalue weighted by atomic mass is 9.90. The van der Waals surface area contributed by atoms with Gasteiger partial charge in [-0.05, 0) is 97.2 Å². The number of hydrogen-bond acceptors (Lipinski definition) is 11. The Bertz CT molecular complexity index is 2300. The minimum Gasteiger partial charge on any atom is -0.476 e. The van der Waals surface area contributed by atoms with E-state index in [4.69, 9.17) is 35.5 Å². The maximum absolute atomic E-state index is 15.6. The van der Waals surface area contributed by atoms with E-state index >= 15 is 4.39 Å². The van der Waals surface area contributed by atoms with Crippen LogP contribution >= 0.6 is 22.9 Å². The van der Waals surface area contributed by atoms with Crippen LogP contribution in [0.15, 0.2) is 18.2 Å². The largest absolute Gasteiger partial charge is 0.476 e. The SMILES string of the molecule is CN1CC[C@H]1COc1cc(N2C3CCC2N(C(=O)OC(C)(C)C)C3)c2c3c(c(-c4ccc(F)c5sc(NC(=O)OC(C)(C)C)c(C#N)c45)c(Cl)c2n1)COC3. The van der Waals surface area contributed by atoms with Crippen molar-refractivity contribution in [3.8, 4) is 23.1 Å². The summed E-state index contributed by atoms with van der Waals surface area (Å²) in [5, 5.41) is 14.7. The lowest BCUT2D eigenvalue weighted by Gasteiger charge is -2.37. The molecule has 0 radical (unpaired) electrons. The molecule has 3 fully saturated rings. The number of benzene rings is 2. The Kier molecular flexibility index (Phi) is 9.31. The zero-order valence-corrected chi connectivity index (χ0v) is 33.5. The van der Waals surface area contributed by atoms with Gasteiger partial charge in [-0.15, -0.1) is 11.3 Å². The summed E-state index contributed by atoms with van der Waals surface area (Å²) in [6.45, 7) is 13.2. The average molecular weight is 791 g/mol. The van der Waals surface area contributed by atoms with E-state index in [1.165, 1.54) is 6.07 Å². The molecule has 0 saturated carbocycles. The Hall–Kier alpha value is -4.42. The van der Waals surface area contributed by atoms with Gasteiger partial charge in [0.05, 0.1) is 39.7 Å². The zero-order chi connectivity index (χ0) is 39.1. The van der Waals surface area contributed by atoms with Crippen molar-refractivity contribution in [3.05, 3.63) is 45.7 Å². The molecule has 1 N–H and O–H groups in total. The first-order valence-corrected chi connectivity index (χ1v) is 19.7. The van der Waals surface area contributed by atoms with Gasteiger partial charge < -0.3 is 23.8 Å². The quantitative estimate of drug-likeness (QED) is 0.202. The van der Waals surface area contributed by atoms with Crippen LogP contribution in [0.3, 0.4) is 0 Å². The first-order valence-electron chi connectivity index (χ1n) is 18.5. The van der Waals surface area contributed by atoms with Crippen LogP contribution in [-0.2, 0) is 27.4 Å². The molecule has 3 atom stereocenters. The Morgan fingerprint density at radius 2 is 1.84 bits per heavy atom. The molecule has 2 aromatic heterocycles. The summed E-state index contributed by atoms with van der Waals surface area (Å²) < 4.78 is 39.6. The maximum atomic E-state index is 15.6. The van der Waals surface area contributed by atoms with Gasteiger partial charge >= 0.3 is 12.2 Å². The van der Waals surface area contributed by atoms with E-state index in [1.807, 2.05) is 26.8 Å². The summed E-state index contributed by atoms with van der Waals surface area (Å²) in [6, 6.07) is 7.39. The van der Waals surface area contributed by atoms with Crippen LogP contribution in [0.4, 0.5) is 24.7 Å². The van der Waals surface area contributed by atoms with Crippen LogP contribution < -0.4 is 15.0 Å². The predicted molar refractivity (Wildman–Crippen MR) is 209 cm³/mol. The summed E-state index contributed by atoms with van der Waals surface area (Å²) in [6.07, 6.45) is 1.32. The number of carbonyl (C=O) groups excluding carboxylic acids is 2. The van der Waals surface area contributed by atoms with E-state index in [1.54, 1.807) is 31.7 Å². The fraction of sp³-hybridized carbons (Fsp3) is 0.500. The highest BCUT2D eigenvalue weighted by atomic mass is 35.5. The third-order valence-electron chi connectivity index (χ3n) is 10.7. The van der Waals surface area contributed by atoms with Gasteiger partial charge in [0.25, 0.3) is 0 Å². The zero-order valence-electron chi connectivity index (χ0n) is 32.0. The molecule has 4 aliphatic heterocycles. The number of ether oxygens (including phenoxy) is 4. The lowest BCUT2D eigenvalue weighted by Crippen LogP contribution is -2.48. The second-order valence-corrected chi connectivity index (χ2v) is 18.1. The second kappa shape index (κ2) is 13.7. The highest BCUT2D eigenvalue weighted by molar-refractivity contribution is 7.23. The van der Waals surface area contributed by atoms with Crippen molar-refractivity contribution in [2.75, 3.05) is 37.0 Å². The van der Waals surface area contributed by atoms with Crippen LogP contribution in [0, 0.1) is 17.1 Å². The molecule has 55 heavy (non-hydrogen) atoms. The second-order valence-electron chi connectivity index (χ2n) is 16.7. The number of fused-ring (bicyclic) bond motifs is 6. The first-order chi connectivity index (χ1) is 26.0. The number of nitrogens with zero attached hydrogens (tertiary/aromatic N) is 5. The minimum absolute atomic E-state index is 0.0294. The molecular weight excluding hydrogens is 747 g/mol. The molecule has 6 heterocycles. The molecule has 3 saturated heterocycles. The summed E-state index contributed by atoms with van der Waals surface area (Å²) >= 11 is 8.49. The monoisotopic (exact) mass is 790 g/mol. The van der Waals surface area contributed by atoms with Crippen molar-refractivity contribution < 1.29 is 32.9 Å². The van der Waals surface area contributed by atoms with Crippen LogP contribution in [0.5, 0.6) is 5.88 Å². The molecule has 2 bridgehead atoms. The van der Waals surface area contributed by atoms with Gasteiger partial charge in [0, 0.05) is 41.0 Å². The van der Waals surface area contributed by atoms with Crippen molar-refractivity contribution in [1.29, 1.82) is 5.26 Å². The molecule has 0 spiro atoms. The molecule has 2 aromatic carbocycles. The molecule has 4 aromatic rings. The topological polar surface area (TPSA) is 129 Å². The average Bonchev–Trinajstić information content (AvgIpc) is 3.89. The van der Waals surface area contributed by atoms with Crippen molar-refractivity contribution in [2.45, 2.75) is 103 Å². The van der Waals surface area contributed by atoms with Gasteiger partial charge in [0.15, 0.2) is 0 Å². The van der Waals surface area contributed by atoms with E-state index in [-0.39, 0.29) is 52.8 Å². The molecular formula is C40H44ClFN6O6S. The number of thiophene rings is 1. The van der Waals surface area contributed by atoms with Gasteiger partial charge in [-0.2, -0.15) is 5.26 Å². The van der Waals surface area contributed by atoms with Crippen molar-refractivity contribution >= 4 is 66.8 Å². The third-order valence-corrected chi connectivity index (χ3v) is 12.1. The fourth-order valence-electron chi connectivity index (χ4n) is 8.15. The lowest BCUT2D eigenvalue weighted by molar-refractivity contribution is 0.0200. The number of likely N-dealkylation sites (tertiary alicyclic amines) is 2. The summed E-state index contributed by atoms with van der Waals surface area (Å²) in [5.74, 6) is -0.149. The number of amides is 2. The number of likely N-dealkylation sites (N-methyl/N-ethyl adjacent to an activating group) is 1. The fourth-order valence-corrected chi connectivity index (χ4v) is 9.57. The van der Waals surface area contributed by atoms with Gasteiger partial charge in [-0.25, -0.2) is 19.0 Å². The van der Waals surface area contributed by atoms with E-state index < -0.39 is 23.1 Å². The molecule has 12 nitrogen and oxygen atoms in total. The van der Waals surface area contributed by atoms with Crippen LogP contribution in [-0.4, -0.2) is 83.2 Å². The molecule has 8 rings (SSSR count). The molecule has 2 amide bonds. The normalized spacial score (nSPS) is 20.8. The predicted octanol–water partition coefficient (Wildman–Crippen LogP) is 8.79. The van der Waals surface area contributed by atoms with Crippen LogP contribution in [0.1, 0.15) is 77.5 Å². The molecule has 4 aliphatic rings. The van der Waals surface area contributed by atoms with Gasteiger partial charge in [0.2, 0.25) is 5.88 Å². The van der Waals surface area contributed by atoms with Crippen LogP contribution in [0.25, 0.3) is 32.1 Å². The van der Waals surface area contributed by atoms with E-state index in [9.17, 15) is 14.9 Å². The number of nitrogens with one attached hydrogen (secondary N) is 1. The molecule has 0 aliphatic carbocycles. The molecule has 2 unspecified atom stereocenters. The summed E-state index contributed by atoms with van der Waals surface area (Å²) in [5.41, 5.74) is 2.74. The standard InChI is InChI=1S/C40H44ClFN6O6S/c1-39(2,3)53-37(49)45-36-23(15-43)31-22(9-10-26(42)35(31)55-36)30-24-18-51-19-25(24)32-27(14-28(44-34(32)33(30)41)52-17-21-12-13-46(21)7)48-20-8-11-29(48)47(16-20)38(50)54-40(4,5)6/h9-10,14,20-21,29H,8,11-13,16-19H2,1-7H3,(H,45,49)/t20?,21-,29?/m0/s1. The number of pyridine rings is 1. The third kappa shape index (κ3) is 6.68. The van der Waals surface area contributed by atoms with Crippen molar-refractivity contribution in [1.82, 2.24) is 14.8 Å². The Balaban J connectivity index is 1.31. The number of rotatable bonds is 6. The number of piperidine rings is 1. The molecule has 15 heteroatoms. The number of aromatic nitrogens is 1. The van der Waals surface area contributed by atoms with E-state index in [2.05, 4.69) is 28.2 Å². The maximum Gasteiger partial charge on any atom is 0.412 e. The smallest absolute Gasteiger partial charge is 0.412 e. The first kappa shape index (κ1) is 37.5. The Labute approximate surface area is 328 Å². The highest BCUT2D eigenvalue weighted by Gasteiger charge is 2.49. The number of anilines is 2. The summed E-state index contributed by atoms with van der Waals surface area (Å²) in [4.78, 5) is 37.7. The van der Waals surface area contributed by atoms with Gasteiger partial charge in [-0.3, -0.25) is 15.1 Å². The van der Waals surface area contributed by atoms with Crippen LogP contribution in [0.2, 0.25) is 5.02 Å². The van der Waals surface area contributed by atoms with Crippen molar-refractivity contribution in [3.63, 3.8) is 0 Å². The van der Waals surface area contributed by atoms with E-state index in [0.29, 0.717) is 46.1 Å². The number of halogens is 2. The number of nitriles is 1. The van der Waals surface area contributed by atoms with Gasteiger partial charge in [0.1, 0.15) is 40.9 Å². The van der Waals surface area contributed by atoms with E-state index in [0.717, 1.165) is 59.3 Å². The Morgan fingerprint density at radius 1 is 1.09 bits per heavy atom. The van der Waals surface area contributed by atoms with Gasteiger partial charge in [-0.1, -0.05) is 17.7 Å². The molecule has 290 valence electrons. The summed E-state index contributed by atoms with van der Waals surface area (Å²) in [7, 11) is 2.06. The number of carbonyl (C=O) groups is 2. The van der Waals surface area contributed by atoms with Crippen molar-refractivity contribution in [2.24, 2.45) is 0 Å².